The first-order valence-corrected chi connectivity index (χ1v) is 7.16. The molecule has 0 aliphatic rings. The monoisotopic (exact) mass is 309 g/mol. The van der Waals surface area contributed by atoms with Gasteiger partial charge in [-0.2, -0.15) is 0 Å². The highest BCUT2D eigenvalue weighted by molar-refractivity contribution is 5.81. The Morgan fingerprint density at radius 1 is 1.30 bits per heavy atom. The normalized spacial score (nSPS) is 14.3. The van der Waals surface area contributed by atoms with Gasteiger partial charge in [0, 0.05) is 13.6 Å². The van der Waals surface area contributed by atoms with E-state index in [9.17, 15) is 4.79 Å². The van der Waals surface area contributed by atoms with Crippen LogP contribution in [0, 0.1) is 0 Å². The van der Waals surface area contributed by atoms with Crippen LogP contribution in [0.1, 0.15) is 32.6 Å². The molecule has 0 aromatic heterocycles. The van der Waals surface area contributed by atoms with Crippen LogP contribution in [0.2, 0.25) is 0 Å². The summed E-state index contributed by atoms with van der Waals surface area (Å²) in [5.41, 5.74) is 5.50. The predicted molar refractivity (Wildman–Crippen MR) is 78.7 cm³/mol. The number of aliphatic hydroxyl groups is 1. The zero-order chi connectivity index (χ0) is 15.1. The van der Waals surface area contributed by atoms with Crippen molar-refractivity contribution in [3.63, 3.8) is 0 Å². The number of carbonyl (C=O) groups is 1. The fourth-order valence-corrected chi connectivity index (χ4v) is 2.34. The number of halogens is 1. The zero-order valence-corrected chi connectivity index (χ0v) is 14.4. The van der Waals surface area contributed by atoms with Crippen LogP contribution in [0.25, 0.3) is 0 Å². The summed E-state index contributed by atoms with van der Waals surface area (Å²) in [6.07, 6.45) is 4.44. The third kappa shape index (κ3) is 8.04. The molecule has 6 heteroatoms. The highest BCUT2D eigenvalue weighted by Crippen LogP contribution is 2.14. The lowest BCUT2D eigenvalue weighted by atomic mass is 10.0. The van der Waals surface area contributed by atoms with Crippen LogP contribution < -0.4 is 18.1 Å². The van der Waals surface area contributed by atoms with Crippen molar-refractivity contribution in [3.05, 3.63) is 0 Å². The van der Waals surface area contributed by atoms with Crippen molar-refractivity contribution in [1.29, 1.82) is 0 Å². The lowest BCUT2D eigenvalue weighted by Crippen LogP contribution is -3.00. The molecule has 5 nitrogen and oxygen atoms in total. The predicted octanol–water partition coefficient (Wildman–Crippen LogP) is -2.58. The van der Waals surface area contributed by atoms with Gasteiger partial charge in [-0.3, -0.25) is 4.79 Å². The fourth-order valence-electron chi connectivity index (χ4n) is 2.34. The molecule has 0 spiro atoms. The van der Waals surface area contributed by atoms with Crippen molar-refractivity contribution in [2.45, 2.75) is 44.7 Å². The van der Waals surface area contributed by atoms with Crippen LogP contribution >= 0.6 is 0 Å². The average molecular weight is 310 g/mol. The van der Waals surface area contributed by atoms with E-state index in [-0.39, 0.29) is 24.9 Å². The quantitative estimate of drug-likeness (QED) is 0.363. The van der Waals surface area contributed by atoms with Crippen LogP contribution in [0.5, 0.6) is 0 Å². The first-order chi connectivity index (χ1) is 8.73. The second-order valence-electron chi connectivity index (χ2n) is 6.22. The van der Waals surface area contributed by atoms with Gasteiger partial charge in [0.1, 0.15) is 6.04 Å². The Morgan fingerprint density at radius 3 is 2.25 bits per heavy atom. The van der Waals surface area contributed by atoms with Gasteiger partial charge in [-0.05, 0) is 25.7 Å². The van der Waals surface area contributed by atoms with Gasteiger partial charge in [-0.15, -0.1) is 0 Å². The summed E-state index contributed by atoms with van der Waals surface area (Å²) in [5, 5.41) is 8.85. The largest absolute Gasteiger partial charge is 1.00 e. The Balaban J connectivity index is 0. The van der Waals surface area contributed by atoms with Gasteiger partial charge in [0.2, 0.25) is 5.91 Å². The zero-order valence-electron chi connectivity index (χ0n) is 13.6. The third-order valence-corrected chi connectivity index (χ3v) is 3.74. The lowest BCUT2D eigenvalue weighted by molar-refractivity contribution is -0.896. The molecule has 0 radical (unpaired) electrons. The van der Waals surface area contributed by atoms with Crippen molar-refractivity contribution < 1.29 is 26.8 Å². The van der Waals surface area contributed by atoms with Crippen LogP contribution in [0.3, 0.4) is 0 Å². The molecule has 0 aliphatic heterocycles. The average Bonchev–Trinajstić information content (AvgIpc) is 2.34. The molecule has 0 aromatic carbocycles. The molecular formula is C14H32ClN3O2. The van der Waals surface area contributed by atoms with Gasteiger partial charge < -0.3 is 32.6 Å². The second kappa shape index (κ2) is 10.4. The van der Waals surface area contributed by atoms with Crippen molar-refractivity contribution in [1.82, 2.24) is 4.90 Å². The van der Waals surface area contributed by atoms with Gasteiger partial charge in [0.15, 0.2) is 0 Å². The van der Waals surface area contributed by atoms with E-state index in [2.05, 4.69) is 28.1 Å². The Kier molecular flexibility index (Phi) is 11.4. The van der Waals surface area contributed by atoms with E-state index in [1.165, 1.54) is 12.8 Å². The number of nitrogens with zero attached hydrogens (tertiary/aromatic N) is 2. The fraction of sp³-hybridized carbons (Fsp3) is 0.929. The molecule has 0 aromatic rings. The number of rotatable bonds is 9. The van der Waals surface area contributed by atoms with E-state index >= 15 is 0 Å². The molecular weight excluding hydrogens is 278 g/mol. The Hall–Kier alpha value is -0.360. The molecule has 0 saturated heterocycles. The number of quaternary nitrogens is 1. The molecule has 1 amide bonds. The molecule has 0 rings (SSSR count). The number of amides is 1. The van der Waals surface area contributed by atoms with E-state index in [1.54, 1.807) is 11.9 Å². The lowest BCUT2D eigenvalue weighted by Gasteiger charge is -2.33. The van der Waals surface area contributed by atoms with Crippen molar-refractivity contribution in [2.75, 3.05) is 41.3 Å². The molecule has 0 saturated carbocycles. The van der Waals surface area contributed by atoms with Gasteiger partial charge in [-0.1, -0.05) is 6.92 Å². The first kappa shape index (κ1) is 21.9. The smallest absolute Gasteiger partial charge is 0.241 e. The minimum Gasteiger partial charge on any atom is -1.00 e. The Morgan fingerprint density at radius 2 is 1.85 bits per heavy atom. The standard InChI is InChI=1S/C14H32N3O2.ClH/c1-6-12(17(3,4)5)9-7-8-10-16(2)14(19)13(15)11-18;/h12-13,18H,6-11,15H2,1-5H3;1H/q+1;/p-1. The summed E-state index contributed by atoms with van der Waals surface area (Å²) in [6, 6.07) is -0.111. The minimum absolute atomic E-state index is 0. The van der Waals surface area contributed by atoms with Gasteiger partial charge in [0.05, 0.1) is 33.8 Å². The maximum atomic E-state index is 11.7. The van der Waals surface area contributed by atoms with Crippen LogP contribution in [-0.2, 0) is 4.79 Å². The Bertz CT molecular complexity index is 270. The number of nitrogens with two attached hydrogens (primary N) is 1. The van der Waals surface area contributed by atoms with E-state index < -0.39 is 6.04 Å². The molecule has 0 aliphatic carbocycles. The maximum absolute atomic E-state index is 11.7. The third-order valence-electron chi connectivity index (χ3n) is 3.74. The number of aliphatic hydroxyl groups excluding tert-OH is 1. The van der Waals surface area contributed by atoms with Crippen molar-refractivity contribution in [3.8, 4) is 0 Å². The van der Waals surface area contributed by atoms with Gasteiger partial charge in [0.25, 0.3) is 0 Å². The topological polar surface area (TPSA) is 66.6 Å². The first-order valence-electron chi connectivity index (χ1n) is 7.16. The van der Waals surface area contributed by atoms with E-state index in [1.807, 2.05) is 0 Å². The molecule has 0 heterocycles. The number of likely N-dealkylation sites (N-methyl/N-ethyl adjacent to an activating group) is 1. The highest BCUT2D eigenvalue weighted by atomic mass is 35.5. The second-order valence-corrected chi connectivity index (χ2v) is 6.22. The molecule has 2 unspecified atom stereocenters. The summed E-state index contributed by atoms with van der Waals surface area (Å²) in [7, 11) is 8.42. The van der Waals surface area contributed by atoms with E-state index in [4.69, 9.17) is 10.8 Å². The van der Waals surface area contributed by atoms with Crippen molar-refractivity contribution in [2.24, 2.45) is 5.73 Å². The summed E-state index contributed by atoms with van der Waals surface area (Å²) in [6.45, 7) is 2.65. The van der Waals surface area contributed by atoms with Gasteiger partial charge >= 0.3 is 0 Å². The highest BCUT2D eigenvalue weighted by Gasteiger charge is 2.21. The van der Waals surface area contributed by atoms with Crippen LogP contribution in [0.4, 0.5) is 0 Å². The number of hydrogen-bond acceptors (Lipinski definition) is 3. The SMILES string of the molecule is CCC(CCCCN(C)C(=O)C(N)CO)[N+](C)(C)C.[Cl-]. The Labute approximate surface area is 130 Å². The van der Waals surface area contributed by atoms with Crippen molar-refractivity contribution >= 4 is 5.91 Å². The van der Waals surface area contributed by atoms with Gasteiger partial charge in [-0.25, -0.2) is 0 Å². The maximum Gasteiger partial charge on any atom is 0.241 e. The number of unbranched alkanes of at least 4 members (excludes halogenated alkanes) is 1. The van der Waals surface area contributed by atoms with Crippen LogP contribution in [0.15, 0.2) is 0 Å². The molecule has 0 fully saturated rings. The molecule has 122 valence electrons. The van der Waals surface area contributed by atoms with Crippen LogP contribution in [-0.4, -0.2) is 73.8 Å². The number of hydrogen-bond donors (Lipinski definition) is 2. The molecule has 20 heavy (non-hydrogen) atoms. The molecule has 0 bridgehead atoms. The summed E-state index contributed by atoms with van der Waals surface area (Å²) in [5.74, 6) is -0.179. The summed E-state index contributed by atoms with van der Waals surface area (Å²) >= 11 is 0. The minimum atomic E-state index is -0.778. The number of carbonyl (C=O) groups excluding carboxylic acids is 1. The van der Waals surface area contributed by atoms with E-state index in [0.29, 0.717) is 12.6 Å². The summed E-state index contributed by atoms with van der Waals surface area (Å²) in [4.78, 5) is 13.3. The van der Waals surface area contributed by atoms with E-state index in [0.717, 1.165) is 17.3 Å². The summed E-state index contributed by atoms with van der Waals surface area (Å²) < 4.78 is 0.987. The molecule has 2 atom stereocenters. The molecule has 3 N–H and O–H groups in total.